The highest BCUT2D eigenvalue weighted by Gasteiger charge is 2.13. The van der Waals surface area contributed by atoms with Crippen LogP contribution < -0.4 is 4.90 Å². The van der Waals surface area contributed by atoms with Gasteiger partial charge in [-0.3, -0.25) is 0 Å². The normalized spacial score (nSPS) is 17.1. The molecule has 1 heterocycles. The summed E-state index contributed by atoms with van der Waals surface area (Å²) in [7, 11) is 0. The summed E-state index contributed by atoms with van der Waals surface area (Å²) in [5.41, 5.74) is 2.22. The quantitative estimate of drug-likeness (QED) is 0.737. The van der Waals surface area contributed by atoms with E-state index in [2.05, 4.69) is 17.9 Å². The molecule has 0 amide bonds. The van der Waals surface area contributed by atoms with Crippen molar-refractivity contribution in [3.8, 4) is 5.75 Å². The highest BCUT2D eigenvalue weighted by molar-refractivity contribution is 5.59. The average molecular weight is 191 g/mol. The third-order valence-electron chi connectivity index (χ3n) is 2.83. The van der Waals surface area contributed by atoms with E-state index in [0.29, 0.717) is 5.75 Å². The molecule has 1 N–H and O–H groups in total. The summed E-state index contributed by atoms with van der Waals surface area (Å²) in [6.45, 7) is 4.22. The second-order valence-electron chi connectivity index (χ2n) is 4.04. The van der Waals surface area contributed by atoms with Gasteiger partial charge in [-0.1, -0.05) is 6.07 Å². The van der Waals surface area contributed by atoms with Crippen LogP contribution in [0.5, 0.6) is 5.75 Å². The van der Waals surface area contributed by atoms with Gasteiger partial charge >= 0.3 is 0 Å². The number of nitrogens with zero attached hydrogens (tertiary/aromatic N) is 1. The fourth-order valence-electron chi connectivity index (χ4n) is 2.02. The predicted octanol–water partition coefficient (Wildman–Crippen LogP) is 2.69. The van der Waals surface area contributed by atoms with Gasteiger partial charge in [-0.25, -0.2) is 0 Å². The van der Waals surface area contributed by atoms with Gasteiger partial charge in [0, 0.05) is 13.1 Å². The molecular formula is C12H17NO. The van der Waals surface area contributed by atoms with Crippen LogP contribution in [0.4, 0.5) is 5.69 Å². The lowest BCUT2D eigenvalue weighted by Crippen LogP contribution is -2.29. The van der Waals surface area contributed by atoms with Crippen LogP contribution in [0.1, 0.15) is 24.8 Å². The Kier molecular flexibility index (Phi) is 2.62. The molecule has 1 saturated heterocycles. The van der Waals surface area contributed by atoms with Crippen molar-refractivity contribution in [2.24, 2.45) is 0 Å². The molecule has 0 spiro atoms. The predicted molar refractivity (Wildman–Crippen MR) is 58.9 cm³/mol. The first-order chi connectivity index (χ1) is 6.77. The number of benzene rings is 1. The van der Waals surface area contributed by atoms with Crippen molar-refractivity contribution in [2.75, 3.05) is 18.0 Å². The minimum Gasteiger partial charge on any atom is -0.506 e. The lowest BCUT2D eigenvalue weighted by molar-refractivity contribution is 0.469. The molecule has 2 rings (SSSR count). The zero-order valence-corrected chi connectivity index (χ0v) is 8.66. The van der Waals surface area contributed by atoms with E-state index < -0.39 is 0 Å². The van der Waals surface area contributed by atoms with E-state index in [1.165, 1.54) is 24.8 Å². The maximum atomic E-state index is 9.75. The van der Waals surface area contributed by atoms with Crippen LogP contribution in [0.2, 0.25) is 0 Å². The third-order valence-corrected chi connectivity index (χ3v) is 2.83. The summed E-state index contributed by atoms with van der Waals surface area (Å²) in [6, 6.07) is 5.81. The number of rotatable bonds is 1. The fraction of sp³-hybridized carbons (Fsp3) is 0.500. The van der Waals surface area contributed by atoms with Crippen molar-refractivity contribution < 1.29 is 5.11 Å². The van der Waals surface area contributed by atoms with Crippen molar-refractivity contribution in [1.29, 1.82) is 0 Å². The number of phenols is 1. The molecular weight excluding hydrogens is 174 g/mol. The Bertz CT molecular complexity index is 316. The van der Waals surface area contributed by atoms with E-state index in [4.69, 9.17) is 0 Å². The van der Waals surface area contributed by atoms with Crippen LogP contribution in [0.25, 0.3) is 0 Å². The molecule has 1 aromatic carbocycles. The molecule has 0 radical (unpaired) electrons. The van der Waals surface area contributed by atoms with Gasteiger partial charge in [-0.05, 0) is 43.9 Å². The summed E-state index contributed by atoms with van der Waals surface area (Å²) >= 11 is 0. The topological polar surface area (TPSA) is 23.5 Å². The summed E-state index contributed by atoms with van der Waals surface area (Å²) < 4.78 is 0. The molecule has 1 aliphatic rings. The van der Waals surface area contributed by atoms with Crippen LogP contribution in [-0.4, -0.2) is 18.2 Å². The number of hydrogen-bond acceptors (Lipinski definition) is 2. The van der Waals surface area contributed by atoms with E-state index >= 15 is 0 Å². The standard InChI is InChI=1S/C12H17NO/c1-10-5-6-12(14)11(9-10)13-7-3-2-4-8-13/h5-6,9,14H,2-4,7-8H2,1H3. The van der Waals surface area contributed by atoms with Crippen LogP contribution in [0.3, 0.4) is 0 Å². The molecule has 1 aliphatic heterocycles. The van der Waals surface area contributed by atoms with Gasteiger partial charge in [0.2, 0.25) is 0 Å². The van der Waals surface area contributed by atoms with E-state index in [1.807, 2.05) is 6.07 Å². The number of phenolic OH excluding ortho intramolecular Hbond substituents is 1. The maximum absolute atomic E-state index is 9.75. The first-order valence-corrected chi connectivity index (χ1v) is 5.32. The first kappa shape index (κ1) is 9.38. The third kappa shape index (κ3) is 1.84. The van der Waals surface area contributed by atoms with Crippen molar-refractivity contribution in [3.63, 3.8) is 0 Å². The highest BCUT2D eigenvalue weighted by Crippen LogP contribution is 2.30. The minimum absolute atomic E-state index is 0.414. The Morgan fingerprint density at radius 2 is 1.86 bits per heavy atom. The van der Waals surface area contributed by atoms with Crippen LogP contribution in [0, 0.1) is 6.92 Å². The first-order valence-electron chi connectivity index (χ1n) is 5.32. The summed E-state index contributed by atoms with van der Waals surface area (Å²) in [4.78, 5) is 2.28. The number of aryl methyl sites for hydroxylation is 1. The lowest BCUT2D eigenvalue weighted by atomic mass is 10.1. The summed E-state index contributed by atoms with van der Waals surface area (Å²) in [5, 5.41) is 9.75. The van der Waals surface area contributed by atoms with E-state index in [-0.39, 0.29) is 0 Å². The largest absolute Gasteiger partial charge is 0.506 e. The lowest BCUT2D eigenvalue weighted by Gasteiger charge is -2.29. The van der Waals surface area contributed by atoms with Gasteiger partial charge in [0.1, 0.15) is 5.75 Å². The molecule has 0 unspecified atom stereocenters. The molecule has 0 atom stereocenters. The molecule has 0 aromatic heterocycles. The van der Waals surface area contributed by atoms with Gasteiger partial charge in [0.15, 0.2) is 0 Å². The Hall–Kier alpha value is -1.18. The molecule has 2 heteroatoms. The molecule has 14 heavy (non-hydrogen) atoms. The smallest absolute Gasteiger partial charge is 0.138 e. The van der Waals surface area contributed by atoms with Gasteiger partial charge in [-0.2, -0.15) is 0 Å². The Morgan fingerprint density at radius 3 is 2.57 bits per heavy atom. The van der Waals surface area contributed by atoms with Gasteiger partial charge in [0.05, 0.1) is 5.69 Å². The van der Waals surface area contributed by atoms with Crippen LogP contribution in [0.15, 0.2) is 18.2 Å². The minimum atomic E-state index is 0.414. The molecule has 0 saturated carbocycles. The van der Waals surface area contributed by atoms with Gasteiger partial charge in [0.25, 0.3) is 0 Å². The molecule has 0 bridgehead atoms. The van der Waals surface area contributed by atoms with Crippen molar-refractivity contribution >= 4 is 5.69 Å². The Morgan fingerprint density at radius 1 is 1.14 bits per heavy atom. The summed E-state index contributed by atoms with van der Waals surface area (Å²) in [5.74, 6) is 0.414. The van der Waals surface area contributed by atoms with Gasteiger partial charge in [-0.15, -0.1) is 0 Å². The molecule has 1 aromatic rings. The number of aromatic hydroxyl groups is 1. The number of hydrogen-bond donors (Lipinski definition) is 1. The highest BCUT2D eigenvalue weighted by atomic mass is 16.3. The van der Waals surface area contributed by atoms with E-state index in [1.54, 1.807) is 6.07 Å². The Labute approximate surface area is 85.2 Å². The van der Waals surface area contributed by atoms with Crippen molar-refractivity contribution in [2.45, 2.75) is 26.2 Å². The maximum Gasteiger partial charge on any atom is 0.138 e. The number of piperidine rings is 1. The second kappa shape index (κ2) is 3.91. The van der Waals surface area contributed by atoms with Gasteiger partial charge < -0.3 is 10.0 Å². The molecule has 2 nitrogen and oxygen atoms in total. The van der Waals surface area contributed by atoms with Crippen molar-refractivity contribution in [3.05, 3.63) is 23.8 Å². The van der Waals surface area contributed by atoms with Crippen LogP contribution in [-0.2, 0) is 0 Å². The monoisotopic (exact) mass is 191 g/mol. The van der Waals surface area contributed by atoms with E-state index in [9.17, 15) is 5.11 Å². The zero-order valence-electron chi connectivity index (χ0n) is 8.66. The zero-order chi connectivity index (χ0) is 9.97. The summed E-state index contributed by atoms with van der Waals surface area (Å²) in [6.07, 6.45) is 3.81. The molecule has 1 fully saturated rings. The van der Waals surface area contributed by atoms with Crippen molar-refractivity contribution in [1.82, 2.24) is 0 Å². The molecule has 76 valence electrons. The fourth-order valence-corrected chi connectivity index (χ4v) is 2.02. The van der Waals surface area contributed by atoms with Crippen LogP contribution >= 0.6 is 0 Å². The SMILES string of the molecule is Cc1ccc(O)c(N2CCCCC2)c1. The number of anilines is 1. The average Bonchev–Trinajstić information content (AvgIpc) is 2.23. The molecule has 0 aliphatic carbocycles. The van der Waals surface area contributed by atoms with E-state index in [0.717, 1.165) is 18.8 Å². The second-order valence-corrected chi connectivity index (χ2v) is 4.04. The Balaban J connectivity index is 2.24.